The molecule has 0 aliphatic heterocycles. The van der Waals surface area contributed by atoms with E-state index in [0.29, 0.717) is 6.61 Å². The maximum atomic E-state index is 11.5. The first-order chi connectivity index (χ1) is 10.2. The lowest BCUT2D eigenvalue weighted by Crippen LogP contribution is -2.21. The van der Waals surface area contributed by atoms with E-state index in [1.165, 1.54) is 13.2 Å². The van der Waals surface area contributed by atoms with Crippen LogP contribution in [0.1, 0.15) is 32.8 Å². The Kier molecular flexibility index (Phi) is 6.97. The predicted molar refractivity (Wildman–Crippen MR) is 88.4 cm³/mol. The molecular formula is C17H24O4S. The molecule has 0 aromatic heterocycles. The second kappa shape index (κ2) is 8.25. The molecule has 2 atom stereocenters. The van der Waals surface area contributed by atoms with Gasteiger partial charge in [0.25, 0.3) is 0 Å². The van der Waals surface area contributed by atoms with Crippen LogP contribution in [0.3, 0.4) is 0 Å². The Labute approximate surface area is 133 Å². The van der Waals surface area contributed by atoms with Crippen LogP contribution in [0.5, 0.6) is 0 Å². The summed E-state index contributed by atoms with van der Waals surface area (Å²) in [6.45, 7) is 5.32. The highest BCUT2D eigenvalue weighted by Gasteiger charge is 2.18. The Morgan fingerprint density at radius 2 is 1.82 bits per heavy atom. The minimum atomic E-state index is -3.14. The first-order valence-corrected chi connectivity index (χ1v) is 9.17. The fourth-order valence-corrected chi connectivity index (χ4v) is 2.45. The van der Waals surface area contributed by atoms with Crippen LogP contribution in [0.25, 0.3) is 0 Å². The van der Waals surface area contributed by atoms with Crippen molar-refractivity contribution in [3.8, 4) is 0 Å². The number of rotatable bonds is 8. The van der Waals surface area contributed by atoms with Crippen molar-refractivity contribution in [1.29, 1.82) is 0 Å². The van der Waals surface area contributed by atoms with Gasteiger partial charge in [-0.2, -0.15) is 0 Å². The average Bonchev–Trinajstić information content (AvgIpc) is 2.43. The van der Waals surface area contributed by atoms with Crippen LogP contribution in [0.4, 0.5) is 0 Å². The number of sulfone groups is 1. The maximum Gasteiger partial charge on any atom is 0.153 e. The second-order valence-corrected chi connectivity index (χ2v) is 8.04. The molecule has 0 saturated carbocycles. The van der Waals surface area contributed by atoms with Crippen LogP contribution in [0, 0.1) is 0 Å². The lowest BCUT2D eigenvalue weighted by molar-refractivity contribution is -0.119. The Morgan fingerprint density at radius 1 is 1.23 bits per heavy atom. The van der Waals surface area contributed by atoms with E-state index in [0.717, 1.165) is 11.1 Å². The Bertz CT molecular complexity index is 617. The molecule has 0 aliphatic carbocycles. The molecule has 5 heteroatoms. The molecule has 0 saturated heterocycles. The minimum absolute atomic E-state index is 0.0119. The predicted octanol–water partition coefficient (Wildman–Crippen LogP) is 2.93. The summed E-state index contributed by atoms with van der Waals surface area (Å²) < 4.78 is 28.9. The van der Waals surface area contributed by atoms with Gasteiger partial charge in [0.2, 0.25) is 0 Å². The SMILES string of the molecule is CC(=O)C[C@@H](OCc1ccccc1)/C(C)=C\[C@H](C)S(C)(=O)=O. The average molecular weight is 324 g/mol. The second-order valence-electron chi connectivity index (χ2n) is 5.64. The zero-order valence-electron chi connectivity index (χ0n) is 13.6. The summed E-state index contributed by atoms with van der Waals surface area (Å²) in [5, 5.41) is -0.595. The van der Waals surface area contributed by atoms with Crippen LogP contribution >= 0.6 is 0 Å². The quantitative estimate of drug-likeness (QED) is 0.690. The van der Waals surface area contributed by atoms with Gasteiger partial charge in [-0.3, -0.25) is 4.79 Å². The molecule has 1 aromatic rings. The standard InChI is InChI=1S/C17H24O4S/c1-13(10-15(3)22(4,19)20)17(11-14(2)18)21-12-16-8-6-5-7-9-16/h5-10,15,17H,11-12H2,1-4H3/b13-10-/t15-,17+/m0/s1. The van der Waals surface area contributed by atoms with Gasteiger partial charge in [0.05, 0.1) is 18.0 Å². The van der Waals surface area contributed by atoms with Crippen molar-refractivity contribution < 1.29 is 17.9 Å². The summed E-state index contributed by atoms with van der Waals surface area (Å²) >= 11 is 0. The summed E-state index contributed by atoms with van der Waals surface area (Å²) in [4.78, 5) is 11.4. The maximum absolute atomic E-state index is 11.5. The van der Waals surface area contributed by atoms with Crippen molar-refractivity contribution in [2.45, 2.75) is 45.2 Å². The third-order valence-electron chi connectivity index (χ3n) is 3.45. The number of ether oxygens (including phenoxy) is 1. The van der Waals surface area contributed by atoms with Crippen molar-refractivity contribution in [1.82, 2.24) is 0 Å². The smallest absolute Gasteiger partial charge is 0.153 e. The fourth-order valence-electron chi connectivity index (χ4n) is 1.98. The molecule has 0 N–H and O–H groups in total. The molecule has 0 fully saturated rings. The number of carbonyl (C=O) groups is 1. The van der Waals surface area contributed by atoms with Crippen molar-refractivity contribution >= 4 is 15.6 Å². The normalized spacial score (nSPS) is 15.4. The van der Waals surface area contributed by atoms with Crippen LogP contribution in [0.15, 0.2) is 42.0 Å². The molecule has 0 aliphatic rings. The van der Waals surface area contributed by atoms with Gasteiger partial charge in [-0.15, -0.1) is 0 Å². The van der Waals surface area contributed by atoms with Crippen LogP contribution < -0.4 is 0 Å². The number of Topliss-reactive ketones (excluding diaryl/α,β-unsaturated/α-hetero) is 1. The molecule has 0 unspecified atom stereocenters. The molecule has 0 radical (unpaired) electrons. The Balaban J connectivity index is 2.83. The first kappa shape index (κ1) is 18.6. The highest BCUT2D eigenvalue weighted by atomic mass is 32.2. The molecule has 0 amide bonds. The Morgan fingerprint density at radius 3 is 2.32 bits per heavy atom. The van der Waals surface area contributed by atoms with Gasteiger partial charge in [0.1, 0.15) is 5.78 Å². The molecule has 22 heavy (non-hydrogen) atoms. The third-order valence-corrected chi connectivity index (χ3v) is 4.93. The Hall–Kier alpha value is -1.46. The van der Waals surface area contributed by atoms with Crippen molar-refractivity contribution in [2.24, 2.45) is 0 Å². The molecule has 0 spiro atoms. The third kappa shape index (κ3) is 6.54. The van der Waals surface area contributed by atoms with Crippen LogP contribution in [0.2, 0.25) is 0 Å². The largest absolute Gasteiger partial charge is 0.369 e. The van der Waals surface area contributed by atoms with Gasteiger partial charge in [-0.05, 0) is 31.9 Å². The topological polar surface area (TPSA) is 60.4 Å². The summed E-state index contributed by atoms with van der Waals surface area (Å²) in [5.74, 6) is 0.0119. The van der Waals surface area contributed by atoms with E-state index in [2.05, 4.69) is 0 Å². The van der Waals surface area contributed by atoms with Gasteiger partial charge in [-0.25, -0.2) is 8.42 Å². The number of carbonyl (C=O) groups excluding carboxylic acids is 1. The minimum Gasteiger partial charge on any atom is -0.369 e. The van der Waals surface area contributed by atoms with E-state index < -0.39 is 21.2 Å². The van der Waals surface area contributed by atoms with Gasteiger partial charge in [-0.1, -0.05) is 36.4 Å². The van der Waals surface area contributed by atoms with Crippen LogP contribution in [-0.2, 0) is 26.0 Å². The summed E-state index contributed by atoms with van der Waals surface area (Å²) in [5.41, 5.74) is 1.78. The molecular weight excluding hydrogens is 300 g/mol. The van der Waals surface area contributed by atoms with Gasteiger partial charge in [0, 0.05) is 12.7 Å². The van der Waals surface area contributed by atoms with E-state index in [1.54, 1.807) is 19.9 Å². The van der Waals surface area contributed by atoms with E-state index in [-0.39, 0.29) is 12.2 Å². The van der Waals surface area contributed by atoms with Crippen molar-refractivity contribution in [2.75, 3.05) is 6.26 Å². The van der Waals surface area contributed by atoms with Gasteiger partial charge < -0.3 is 4.74 Å². The van der Waals surface area contributed by atoms with E-state index in [4.69, 9.17) is 4.74 Å². The highest BCUT2D eigenvalue weighted by Crippen LogP contribution is 2.16. The zero-order valence-corrected chi connectivity index (χ0v) is 14.4. The van der Waals surface area contributed by atoms with Crippen LogP contribution in [-0.4, -0.2) is 31.8 Å². The molecule has 122 valence electrons. The number of ketones is 1. The first-order valence-electron chi connectivity index (χ1n) is 7.22. The monoisotopic (exact) mass is 324 g/mol. The molecule has 1 aromatic carbocycles. The van der Waals surface area contributed by atoms with Gasteiger partial charge in [0.15, 0.2) is 9.84 Å². The number of hydrogen-bond acceptors (Lipinski definition) is 4. The van der Waals surface area contributed by atoms with E-state index >= 15 is 0 Å². The molecule has 0 bridgehead atoms. The van der Waals surface area contributed by atoms with Gasteiger partial charge >= 0.3 is 0 Å². The summed E-state index contributed by atoms with van der Waals surface area (Å²) in [6, 6.07) is 9.67. The lowest BCUT2D eigenvalue weighted by Gasteiger charge is -2.19. The molecule has 0 heterocycles. The lowest BCUT2D eigenvalue weighted by atomic mass is 10.0. The fraction of sp³-hybridized carbons (Fsp3) is 0.471. The number of benzene rings is 1. The zero-order chi connectivity index (χ0) is 16.8. The summed E-state index contributed by atoms with van der Waals surface area (Å²) in [6.07, 6.45) is 2.70. The molecule has 1 rings (SSSR count). The van der Waals surface area contributed by atoms with E-state index in [9.17, 15) is 13.2 Å². The number of hydrogen-bond donors (Lipinski definition) is 0. The highest BCUT2D eigenvalue weighted by molar-refractivity contribution is 7.91. The van der Waals surface area contributed by atoms with E-state index in [1.807, 2.05) is 30.3 Å². The molecule has 4 nitrogen and oxygen atoms in total. The van der Waals surface area contributed by atoms with Crippen molar-refractivity contribution in [3.63, 3.8) is 0 Å². The summed E-state index contributed by atoms with van der Waals surface area (Å²) in [7, 11) is -3.14. The van der Waals surface area contributed by atoms with Crippen molar-refractivity contribution in [3.05, 3.63) is 47.5 Å².